The maximum atomic E-state index is 12.1. The lowest BCUT2D eigenvalue weighted by Gasteiger charge is -2.03. The molecule has 74 valence electrons. The van der Waals surface area contributed by atoms with Gasteiger partial charge >= 0.3 is 6.18 Å². The number of para-hydroxylation sites is 1. The summed E-state index contributed by atoms with van der Waals surface area (Å²) in [6.07, 6.45) is -3.96. The van der Waals surface area contributed by atoms with E-state index in [4.69, 9.17) is 4.42 Å². The van der Waals surface area contributed by atoms with Crippen LogP contribution < -0.4 is 0 Å². The van der Waals surface area contributed by atoms with Gasteiger partial charge in [-0.25, -0.2) is 0 Å². The van der Waals surface area contributed by atoms with Gasteiger partial charge in [-0.05, 0) is 6.07 Å². The molecule has 1 heterocycles. The van der Waals surface area contributed by atoms with Gasteiger partial charge in [0.2, 0.25) is 0 Å². The molecule has 0 atom stereocenters. The Bertz CT molecular complexity index is 442. The van der Waals surface area contributed by atoms with Gasteiger partial charge < -0.3 is 4.42 Å². The first kappa shape index (κ1) is 9.12. The summed E-state index contributed by atoms with van der Waals surface area (Å²) in [4.78, 5) is 0. The molecule has 4 heteroatoms. The van der Waals surface area contributed by atoms with Crippen molar-refractivity contribution < 1.29 is 17.6 Å². The van der Waals surface area contributed by atoms with Crippen LogP contribution in [-0.4, -0.2) is 6.18 Å². The highest BCUT2D eigenvalue weighted by atomic mass is 19.4. The van der Waals surface area contributed by atoms with Gasteiger partial charge in [-0.3, -0.25) is 0 Å². The van der Waals surface area contributed by atoms with Crippen molar-refractivity contribution in [3.63, 3.8) is 0 Å². The summed E-state index contributed by atoms with van der Waals surface area (Å²) in [7, 11) is 0. The minimum atomic E-state index is -4.19. The lowest BCUT2D eigenvalue weighted by atomic mass is 10.1. The van der Waals surface area contributed by atoms with Gasteiger partial charge in [0.1, 0.15) is 5.58 Å². The minimum Gasteiger partial charge on any atom is -0.464 e. The van der Waals surface area contributed by atoms with Crippen LogP contribution in [0.2, 0.25) is 0 Å². The van der Waals surface area contributed by atoms with Crippen molar-refractivity contribution in [1.82, 2.24) is 0 Å². The largest absolute Gasteiger partial charge is 0.464 e. The molecule has 0 aliphatic rings. The average Bonchev–Trinajstić information content (AvgIpc) is 2.47. The highest BCUT2D eigenvalue weighted by Crippen LogP contribution is 2.27. The van der Waals surface area contributed by atoms with E-state index in [0.717, 1.165) is 6.26 Å². The second kappa shape index (κ2) is 3.04. The molecule has 0 N–H and O–H groups in total. The number of benzene rings is 1. The van der Waals surface area contributed by atoms with Crippen molar-refractivity contribution >= 4 is 11.0 Å². The van der Waals surface area contributed by atoms with Crippen molar-refractivity contribution in [2.45, 2.75) is 12.6 Å². The summed E-state index contributed by atoms with van der Waals surface area (Å²) in [5.41, 5.74) is 0.680. The molecule has 0 bridgehead atoms. The number of fused-ring (bicyclic) bond motifs is 1. The molecule has 0 saturated heterocycles. The van der Waals surface area contributed by atoms with Crippen LogP contribution >= 0.6 is 0 Å². The summed E-state index contributed by atoms with van der Waals surface area (Å²) in [6.45, 7) is 0. The van der Waals surface area contributed by atoms with Crippen molar-refractivity contribution in [1.29, 1.82) is 0 Å². The molecule has 0 radical (unpaired) electrons. The molecule has 2 rings (SSSR count). The molecule has 0 unspecified atom stereocenters. The molecule has 1 aromatic carbocycles. The Hall–Kier alpha value is -1.45. The summed E-state index contributed by atoms with van der Waals surface area (Å²) in [5.74, 6) is 0. The van der Waals surface area contributed by atoms with E-state index in [0.29, 0.717) is 11.0 Å². The Labute approximate surface area is 78.1 Å². The second-order valence-electron chi connectivity index (χ2n) is 3.05. The fourth-order valence-corrected chi connectivity index (χ4v) is 1.39. The van der Waals surface area contributed by atoms with Crippen LogP contribution in [0.4, 0.5) is 13.2 Å². The average molecular weight is 200 g/mol. The molecule has 1 nitrogen and oxygen atoms in total. The van der Waals surface area contributed by atoms with Crippen molar-refractivity contribution in [2.24, 2.45) is 0 Å². The van der Waals surface area contributed by atoms with Gasteiger partial charge in [0, 0.05) is 10.9 Å². The van der Waals surface area contributed by atoms with Crippen LogP contribution in [-0.2, 0) is 6.42 Å². The van der Waals surface area contributed by atoms with Crippen molar-refractivity contribution in [3.05, 3.63) is 36.1 Å². The zero-order valence-electron chi connectivity index (χ0n) is 7.14. The Kier molecular flexibility index (Phi) is 1.98. The molecular formula is C10H7F3O. The van der Waals surface area contributed by atoms with Gasteiger partial charge in [0.15, 0.2) is 0 Å². The van der Waals surface area contributed by atoms with Gasteiger partial charge in [-0.1, -0.05) is 18.2 Å². The maximum absolute atomic E-state index is 12.1. The summed E-state index contributed by atoms with van der Waals surface area (Å²) in [5, 5.41) is 0.532. The van der Waals surface area contributed by atoms with Crippen molar-refractivity contribution in [2.75, 3.05) is 0 Å². The maximum Gasteiger partial charge on any atom is 0.393 e. The summed E-state index contributed by atoms with van der Waals surface area (Å²) >= 11 is 0. The first-order valence-corrected chi connectivity index (χ1v) is 4.08. The lowest BCUT2D eigenvalue weighted by Crippen LogP contribution is -2.10. The molecule has 0 aliphatic carbocycles. The first-order valence-electron chi connectivity index (χ1n) is 4.08. The van der Waals surface area contributed by atoms with E-state index in [1.807, 2.05) is 0 Å². The van der Waals surface area contributed by atoms with E-state index < -0.39 is 12.6 Å². The normalized spacial score (nSPS) is 12.2. The number of hydrogen-bond acceptors (Lipinski definition) is 1. The highest BCUT2D eigenvalue weighted by Gasteiger charge is 2.29. The fourth-order valence-electron chi connectivity index (χ4n) is 1.39. The number of halogens is 3. The number of alkyl halides is 3. The zero-order valence-corrected chi connectivity index (χ0v) is 7.14. The monoisotopic (exact) mass is 200 g/mol. The van der Waals surface area contributed by atoms with Crippen LogP contribution in [0.25, 0.3) is 11.0 Å². The summed E-state index contributed by atoms with van der Waals surface area (Å²) < 4.78 is 41.3. The standard InChI is InChI=1S/C10H7F3O/c11-10(12,13)5-7-6-14-9-4-2-1-3-8(7)9/h1-4,6H,5H2. The Balaban J connectivity index is 2.44. The van der Waals surface area contributed by atoms with Gasteiger partial charge in [-0.15, -0.1) is 0 Å². The third kappa shape index (κ3) is 1.73. The predicted molar refractivity (Wildman–Crippen MR) is 46.0 cm³/mol. The molecule has 0 fully saturated rings. The topological polar surface area (TPSA) is 13.1 Å². The van der Waals surface area contributed by atoms with Crippen LogP contribution in [0.3, 0.4) is 0 Å². The molecule has 14 heavy (non-hydrogen) atoms. The van der Waals surface area contributed by atoms with E-state index in [1.165, 1.54) is 0 Å². The zero-order chi connectivity index (χ0) is 10.2. The van der Waals surface area contributed by atoms with Crippen LogP contribution in [0.1, 0.15) is 5.56 Å². The Morgan fingerprint density at radius 3 is 2.57 bits per heavy atom. The van der Waals surface area contributed by atoms with E-state index in [-0.39, 0.29) is 5.56 Å². The minimum absolute atomic E-state index is 0.188. The lowest BCUT2D eigenvalue weighted by molar-refractivity contribution is -0.127. The smallest absolute Gasteiger partial charge is 0.393 e. The van der Waals surface area contributed by atoms with E-state index in [9.17, 15) is 13.2 Å². The molecule has 0 amide bonds. The van der Waals surface area contributed by atoms with E-state index in [1.54, 1.807) is 24.3 Å². The first-order chi connectivity index (χ1) is 6.56. The number of hydrogen-bond donors (Lipinski definition) is 0. The van der Waals surface area contributed by atoms with Crippen LogP contribution in [0.15, 0.2) is 34.9 Å². The molecule has 1 aromatic heterocycles. The molecule has 0 aliphatic heterocycles. The van der Waals surface area contributed by atoms with Crippen LogP contribution in [0, 0.1) is 0 Å². The molecule has 0 saturated carbocycles. The third-order valence-electron chi connectivity index (χ3n) is 1.95. The van der Waals surface area contributed by atoms with E-state index in [2.05, 4.69) is 0 Å². The van der Waals surface area contributed by atoms with Gasteiger partial charge in [0.25, 0.3) is 0 Å². The molecule has 0 spiro atoms. The highest BCUT2D eigenvalue weighted by molar-refractivity contribution is 5.80. The quantitative estimate of drug-likeness (QED) is 0.686. The summed E-state index contributed by atoms with van der Waals surface area (Å²) in [6, 6.07) is 6.69. The Morgan fingerprint density at radius 2 is 1.86 bits per heavy atom. The second-order valence-corrected chi connectivity index (χ2v) is 3.05. The van der Waals surface area contributed by atoms with Gasteiger partial charge in [-0.2, -0.15) is 13.2 Å². The fraction of sp³-hybridized carbons (Fsp3) is 0.200. The predicted octanol–water partition coefficient (Wildman–Crippen LogP) is 3.54. The van der Waals surface area contributed by atoms with E-state index >= 15 is 0 Å². The SMILES string of the molecule is FC(F)(F)Cc1coc2ccccc12. The number of rotatable bonds is 1. The molecule has 2 aromatic rings. The number of furan rings is 1. The van der Waals surface area contributed by atoms with Gasteiger partial charge in [0.05, 0.1) is 12.7 Å². The molecular weight excluding hydrogens is 193 g/mol. The third-order valence-corrected chi connectivity index (χ3v) is 1.95. The van der Waals surface area contributed by atoms with Crippen LogP contribution in [0.5, 0.6) is 0 Å². The van der Waals surface area contributed by atoms with Crippen molar-refractivity contribution in [3.8, 4) is 0 Å². The Morgan fingerprint density at radius 1 is 1.14 bits per heavy atom.